The average molecular weight is 267 g/mol. The second-order valence-corrected chi connectivity index (χ2v) is 7.46. The highest BCUT2D eigenvalue weighted by atomic mass is 35.5. The summed E-state index contributed by atoms with van der Waals surface area (Å²) in [6.45, 7) is 2.21. The Bertz CT molecular complexity index is 252. The lowest BCUT2D eigenvalue weighted by Crippen LogP contribution is -1.91. The maximum Gasteiger partial charge on any atom is 0.134 e. The fourth-order valence-corrected chi connectivity index (χ4v) is 4.76. The first-order chi connectivity index (χ1) is 7.25. The molecule has 1 rings (SSSR count). The van der Waals surface area contributed by atoms with E-state index in [2.05, 4.69) is 13.0 Å². The standard InChI is InChI=1S/C12H20Cl2S/c1-2-3-10-15(12(13)14)11-8-6-4-5-7-9-11/h8H,2-7,9-10H2,1H3. The zero-order valence-corrected chi connectivity index (χ0v) is 11.7. The van der Waals surface area contributed by atoms with Crippen LogP contribution in [0.5, 0.6) is 0 Å². The first-order valence-corrected chi connectivity index (χ1v) is 7.98. The van der Waals surface area contributed by atoms with Gasteiger partial charge in [-0.2, -0.15) is 0 Å². The second-order valence-electron chi connectivity index (χ2n) is 3.94. The lowest BCUT2D eigenvalue weighted by molar-refractivity contribution is 0.716. The minimum atomic E-state index is 0.0350. The van der Waals surface area contributed by atoms with Crippen molar-refractivity contribution in [2.45, 2.75) is 51.9 Å². The lowest BCUT2D eigenvalue weighted by Gasteiger charge is -2.12. The lowest BCUT2D eigenvalue weighted by atomic mass is 10.2. The minimum Gasteiger partial charge on any atom is -0.129 e. The molecule has 15 heavy (non-hydrogen) atoms. The van der Waals surface area contributed by atoms with Crippen molar-refractivity contribution in [3.63, 3.8) is 0 Å². The highest BCUT2D eigenvalue weighted by Crippen LogP contribution is 2.36. The van der Waals surface area contributed by atoms with Crippen molar-refractivity contribution in [1.29, 1.82) is 0 Å². The van der Waals surface area contributed by atoms with Crippen LogP contribution in [-0.2, 0) is 0 Å². The molecule has 3 heteroatoms. The van der Waals surface area contributed by atoms with Gasteiger partial charge in [0.05, 0.1) is 0 Å². The van der Waals surface area contributed by atoms with Crippen molar-refractivity contribution in [2.24, 2.45) is 0 Å². The Morgan fingerprint density at radius 3 is 2.80 bits per heavy atom. The van der Waals surface area contributed by atoms with Crippen LogP contribution >= 0.6 is 33.7 Å². The van der Waals surface area contributed by atoms with Gasteiger partial charge in [-0.25, -0.2) is 0 Å². The van der Waals surface area contributed by atoms with E-state index in [-0.39, 0.29) is 10.5 Å². The predicted molar refractivity (Wildman–Crippen MR) is 75.2 cm³/mol. The van der Waals surface area contributed by atoms with E-state index in [1.807, 2.05) is 0 Å². The molecule has 0 nitrogen and oxygen atoms in total. The molecule has 0 spiro atoms. The molecule has 0 fully saturated rings. The van der Waals surface area contributed by atoms with Gasteiger partial charge in [-0.15, -0.1) is 10.5 Å². The van der Waals surface area contributed by atoms with Crippen LogP contribution in [0.3, 0.4) is 0 Å². The molecule has 1 unspecified atom stereocenters. The molecule has 0 radical (unpaired) electrons. The summed E-state index contributed by atoms with van der Waals surface area (Å²) in [5.74, 6) is 1.14. The van der Waals surface area contributed by atoms with Crippen molar-refractivity contribution in [2.75, 3.05) is 5.75 Å². The summed E-state index contributed by atoms with van der Waals surface area (Å²) in [5.41, 5.74) is 0. The van der Waals surface area contributed by atoms with Crippen molar-refractivity contribution in [3.8, 4) is 0 Å². The Kier molecular flexibility index (Phi) is 7.03. The Morgan fingerprint density at radius 2 is 2.13 bits per heavy atom. The van der Waals surface area contributed by atoms with E-state index in [1.54, 1.807) is 0 Å². The third-order valence-electron chi connectivity index (χ3n) is 2.70. The average Bonchev–Trinajstić information content (AvgIpc) is 2.47. The Morgan fingerprint density at radius 1 is 1.33 bits per heavy atom. The Labute approximate surface area is 106 Å². The largest absolute Gasteiger partial charge is 0.134 e. The molecule has 0 heterocycles. The van der Waals surface area contributed by atoms with Crippen LogP contribution in [0, 0.1) is 0 Å². The number of rotatable bonds is 4. The molecular formula is C12H20Cl2S. The van der Waals surface area contributed by atoms with Crippen LogP contribution in [0.2, 0.25) is 0 Å². The Hall–Kier alpha value is 0.540. The van der Waals surface area contributed by atoms with Crippen LogP contribution < -0.4 is 0 Å². The minimum absolute atomic E-state index is 0.0350. The topological polar surface area (TPSA) is 0 Å². The summed E-state index contributed by atoms with van der Waals surface area (Å²) < 4.78 is 0.594. The number of unbranched alkanes of at least 4 members (excludes halogenated alkanes) is 1. The molecule has 0 aliphatic heterocycles. The zero-order valence-electron chi connectivity index (χ0n) is 9.40. The molecule has 1 aliphatic carbocycles. The van der Waals surface area contributed by atoms with Crippen molar-refractivity contribution in [1.82, 2.24) is 0 Å². The fourth-order valence-electron chi connectivity index (χ4n) is 1.81. The maximum absolute atomic E-state index is 6.02. The van der Waals surface area contributed by atoms with Gasteiger partial charge in [0.15, 0.2) is 0 Å². The highest BCUT2D eigenvalue weighted by molar-refractivity contribution is 8.22. The van der Waals surface area contributed by atoms with Crippen LogP contribution in [0.25, 0.3) is 0 Å². The monoisotopic (exact) mass is 266 g/mol. The van der Waals surface area contributed by atoms with Gasteiger partial charge in [0.1, 0.15) is 3.78 Å². The molecule has 0 saturated carbocycles. The first kappa shape index (κ1) is 13.6. The number of hydrogen-bond acceptors (Lipinski definition) is 0. The predicted octanol–water partition coefficient (Wildman–Crippen LogP) is 5.47. The summed E-state index contributed by atoms with van der Waals surface area (Å²) in [6, 6.07) is 0. The van der Waals surface area contributed by atoms with E-state index in [9.17, 15) is 0 Å². The van der Waals surface area contributed by atoms with Crippen molar-refractivity contribution in [3.05, 3.63) is 11.0 Å². The van der Waals surface area contributed by atoms with Crippen LogP contribution in [0.4, 0.5) is 0 Å². The molecular weight excluding hydrogens is 247 g/mol. The van der Waals surface area contributed by atoms with Gasteiger partial charge in [0.25, 0.3) is 0 Å². The van der Waals surface area contributed by atoms with Gasteiger partial charge in [0, 0.05) is 0 Å². The fraction of sp³-hybridized carbons (Fsp3) is 0.750. The number of allylic oxidation sites excluding steroid dienone is 2. The van der Waals surface area contributed by atoms with Crippen LogP contribution in [-0.4, -0.2) is 9.54 Å². The molecule has 0 aromatic heterocycles. The van der Waals surface area contributed by atoms with Gasteiger partial charge in [0.2, 0.25) is 0 Å². The molecule has 0 bridgehead atoms. The smallest absolute Gasteiger partial charge is 0.129 e. The Balaban J connectivity index is 2.70. The third kappa shape index (κ3) is 4.93. The van der Waals surface area contributed by atoms with Gasteiger partial charge in [-0.1, -0.05) is 49.0 Å². The van der Waals surface area contributed by atoms with Crippen molar-refractivity contribution < 1.29 is 0 Å². The van der Waals surface area contributed by atoms with Crippen LogP contribution in [0.1, 0.15) is 51.9 Å². The summed E-state index contributed by atoms with van der Waals surface area (Å²) in [5, 5.41) is 0. The zero-order chi connectivity index (χ0) is 11.1. The normalized spacial score (nSPS) is 19.3. The summed E-state index contributed by atoms with van der Waals surface area (Å²) in [6.07, 6.45) is 11.2. The molecule has 0 aromatic carbocycles. The quantitative estimate of drug-likeness (QED) is 0.468. The van der Waals surface area contributed by atoms with Gasteiger partial charge in [-0.3, -0.25) is 0 Å². The summed E-state index contributed by atoms with van der Waals surface area (Å²) >= 11 is 12.0. The van der Waals surface area contributed by atoms with Crippen molar-refractivity contribution >= 4 is 37.5 Å². The summed E-state index contributed by atoms with van der Waals surface area (Å²) in [7, 11) is 0.0350. The van der Waals surface area contributed by atoms with E-state index in [0.717, 1.165) is 5.75 Å². The third-order valence-corrected chi connectivity index (χ3v) is 5.89. The summed E-state index contributed by atoms with van der Waals surface area (Å²) in [4.78, 5) is 1.51. The van der Waals surface area contributed by atoms with E-state index in [1.165, 1.54) is 49.9 Å². The molecule has 0 N–H and O–H groups in total. The first-order valence-electron chi connectivity index (χ1n) is 5.83. The van der Waals surface area contributed by atoms with Gasteiger partial charge in [-0.05, 0) is 42.8 Å². The molecule has 1 atom stereocenters. The molecule has 88 valence electrons. The number of hydrogen-bond donors (Lipinski definition) is 0. The van der Waals surface area contributed by atoms with E-state index in [4.69, 9.17) is 23.2 Å². The van der Waals surface area contributed by atoms with E-state index < -0.39 is 0 Å². The SMILES string of the molecule is CCCCS(C1=CCCCCC1)=C(Cl)Cl. The molecule has 0 amide bonds. The number of halogens is 2. The maximum atomic E-state index is 6.02. The molecule has 1 aliphatic rings. The van der Waals surface area contributed by atoms with Gasteiger partial charge >= 0.3 is 0 Å². The van der Waals surface area contributed by atoms with E-state index in [0.29, 0.717) is 3.78 Å². The molecule has 0 aromatic rings. The highest BCUT2D eigenvalue weighted by Gasteiger charge is 2.09. The van der Waals surface area contributed by atoms with E-state index >= 15 is 0 Å². The molecule has 0 saturated heterocycles. The van der Waals surface area contributed by atoms with Crippen LogP contribution in [0.15, 0.2) is 11.0 Å². The second kappa shape index (κ2) is 7.76. The van der Waals surface area contributed by atoms with Gasteiger partial charge < -0.3 is 0 Å².